The van der Waals surface area contributed by atoms with Gasteiger partial charge in [0.25, 0.3) is 0 Å². The summed E-state index contributed by atoms with van der Waals surface area (Å²) in [4.78, 5) is 10.3. The molecule has 1 rings (SSSR count). The van der Waals surface area contributed by atoms with E-state index in [1.807, 2.05) is 31.2 Å². The summed E-state index contributed by atoms with van der Waals surface area (Å²) in [5.41, 5.74) is 2.00. The first-order valence-electron chi connectivity index (χ1n) is 3.46. The third kappa shape index (κ3) is 5.50. The van der Waals surface area contributed by atoms with Gasteiger partial charge in [-0.3, -0.25) is 4.79 Å². The molecule has 1 aromatic carbocycles. The highest BCUT2D eigenvalue weighted by Gasteiger charge is 1.97. The summed E-state index contributed by atoms with van der Waals surface area (Å²) in [6, 6.07) is 7.50. The minimum absolute atomic E-state index is 0. The van der Waals surface area contributed by atoms with E-state index in [0.29, 0.717) is 0 Å². The van der Waals surface area contributed by atoms with E-state index >= 15 is 0 Å². The molecular formula is C9H12Cl2O2. The molecule has 0 spiro atoms. The van der Waals surface area contributed by atoms with Gasteiger partial charge in [0.2, 0.25) is 0 Å². The molecule has 0 aliphatic heterocycles. The van der Waals surface area contributed by atoms with Gasteiger partial charge in [-0.25, -0.2) is 0 Å². The molecular weight excluding hydrogens is 211 g/mol. The molecule has 0 heterocycles. The normalized spacial score (nSPS) is 8.08. The first-order valence-corrected chi connectivity index (χ1v) is 3.46. The van der Waals surface area contributed by atoms with Gasteiger partial charge in [0, 0.05) is 0 Å². The highest BCUT2D eigenvalue weighted by atomic mass is 35.5. The van der Waals surface area contributed by atoms with Gasteiger partial charge in [-0.1, -0.05) is 29.8 Å². The van der Waals surface area contributed by atoms with E-state index in [1.165, 1.54) is 0 Å². The van der Waals surface area contributed by atoms with Gasteiger partial charge in [-0.05, 0) is 12.5 Å². The quantitative estimate of drug-likeness (QED) is 0.836. The van der Waals surface area contributed by atoms with Gasteiger partial charge in [0.05, 0.1) is 6.42 Å². The summed E-state index contributed by atoms with van der Waals surface area (Å²) in [6.07, 6.45) is 0.111. The minimum atomic E-state index is -0.783. The van der Waals surface area contributed by atoms with Crippen LogP contribution in [0.15, 0.2) is 24.3 Å². The lowest BCUT2D eigenvalue weighted by molar-refractivity contribution is -0.136. The topological polar surface area (TPSA) is 37.3 Å². The number of carboxylic acids is 1. The summed E-state index contributed by atoms with van der Waals surface area (Å²) in [5, 5.41) is 8.44. The monoisotopic (exact) mass is 222 g/mol. The smallest absolute Gasteiger partial charge is 0.307 e. The van der Waals surface area contributed by atoms with Crippen molar-refractivity contribution in [3.63, 3.8) is 0 Å². The fourth-order valence-corrected chi connectivity index (χ4v) is 0.881. The van der Waals surface area contributed by atoms with Crippen molar-refractivity contribution < 1.29 is 9.90 Å². The Hall–Kier alpha value is -0.730. The van der Waals surface area contributed by atoms with Crippen molar-refractivity contribution in [3.8, 4) is 0 Å². The first-order chi connectivity index (χ1) is 5.18. The molecule has 74 valence electrons. The van der Waals surface area contributed by atoms with Crippen LogP contribution < -0.4 is 0 Å². The number of hydrogen-bond acceptors (Lipinski definition) is 1. The zero-order valence-electron chi connectivity index (χ0n) is 7.19. The van der Waals surface area contributed by atoms with Gasteiger partial charge in [0.15, 0.2) is 0 Å². The van der Waals surface area contributed by atoms with Gasteiger partial charge < -0.3 is 5.11 Å². The van der Waals surface area contributed by atoms with Crippen LogP contribution in [0.3, 0.4) is 0 Å². The van der Waals surface area contributed by atoms with Crippen LogP contribution in [-0.4, -0.2) is 11.1 Å². The van der Waals surface area contributed by atoms with Crippen LogP contribution in [0.2, 0.25) is 0 Å². The Morgan fingerprint density at radius 3 is 2.08 bits per heavy atom. The van der Waals surface area contributed by atoms with Crippen molar-refractivity contribution in [2.45, 2.75) is 13.3 Å². The van der Waals surface area contributed by atoms with Crippen LogP contribution in [-0.2, 0) is 11.2 Å². The highest BCUT2D eigenvalue weighted by Crippen LogP contribution is 2.03. The Morgan fingerprint density at radius 1 is 1.23 bits per heavy atom. The molecule has 0 fully saturated rings. The molecule has 0 saturated carbocycles. The third-order valence-electron chi connectivity index (χ3n) is 1.48. The summed E-state index contributed by atoms with van der Waals surface area (Å²) < 4.78 is 0. The molecule has 0 unspecified atom stereocenters. The number of hydrogen-bond donors (Lipinski definition) is 1. The first kappa shape index (κ1) is 14.8. The predicted octanol–water partition coefficient (Wildman–Crippen LogP) is 2.47. The lowest BCUT2D eigenvalue weighted by atomic mass is 10.1. The second-order valence-electron chi connectivity index (χ2n) is 2.56. The number of aliphatic carboxylic acids is 1. The van der Waals surface area contributed by atoms with Gasteiger partial charge >= 0.3 is 5.97 Å². The predicted molar refractivity (Wildman–Crippen MR) is 57.0 cm³/mol. The Balaban J connectivity index is 0. The number of halogens is 2. The van der Waals surface area contributed by atoms with Crippen molar-refractivity contribution in [2.75, 3.05) is 0 Å². The lowest BCUT2D eigenvalue weighted by Gasteiger charge is -1.96. The average Bonchev–Trinajstić information content (AvgIpc) is 1.93. The van der Waals surface area contributed by atoms with Crippen molar-refractivity contribution in [1.82, 2.24) is 0 Å². The van der Waals surface area contributed by atoms with Crippen molar-refractivity contribution >= 4 is 30.8 Å². The van der Waals surface area contributed by atoms with Gasteiger partial charge in [-0.2, -0.15) is 0 Å². The van der Waals surface area contributed by atoms with Crippen LogP contribution >= 0.6 is 24.8 Å². The minimum Gasteiger partial charge on any atom is -0.481 e. The largest absolute Gasteiger partial charge is 0.481 e. The van der Waals surface area contributed by atoms with E-state index in [9.17, 15) is 4.79 Å². The zero-order chi connectivity index (χ0) is 8.27. The van der Waals surface area contributed by atoms with Crippen LogP contribution in [0.5, 0.6) is 0 Å². The third-order valence-corrected chi connectivity index (χ3v) is 1.48. The molecule has 1 N–H and O–H groups in total. The second kappa shape index (κ2) is 6.75. The fourth-order valence-electron chi connectivity index (χ4n) is 0.881. The molecule has 0 radical (unpaired) electrons. The molecule has 2 nitrogen and oxygen atoms in total. The molecule has 1 aromatic rings. The van der Waals surface area contributed by atoms with Crippen LogP contribution in [0.25, 0.3) is 0 Å². The SMILES string of the molecule is Cc1ccc(CC(=O)O)cc1.Cl.Cl. The number of carboxylic acid groups (broad SMARTS) is 1. The molecule has 0 aromatic heterocycles. The van der Waals surface area contributed by atoms with Crippen molar-refractivity contribution in [1.29, 1.82) is 0 Å². The maximum atomic E-state index is 10.3. The second-order valence-corrected chi connectivity index (χ2v) is 2.56. The standard InChI is InChI=1S/C9H10O2.2ClH/c1-7-2-4-8(5-3-7)6-9(10)11;;/h2-5H,6H2,1H3,(H,10,11);2*1H. The molecule has 13 heavy (non-hydrogen) atoms. The Kier molecular flexibility index (Phi) is 7.67. The van der Waals surface area contributed by atoms with Crippen molar-refractivity contribution in [3.05, 3.63) is 35.4 Å². The van der Waals surface area contributed by atoms with E-state index in [0.717, 1.165) is 11.1 Å². The Labute approximate surface area is 89.8 Å². The maximum Gasteiger partial charge on any atom is 0.307 e. The van der Waals surface area contributed by atoms with E-state index in [4.69, 9.17) is 5.11 Å². The summed E-state index contributed by atoms with van der Waals surface area (Å²) in [7, 11) is 0. The fraction of sp³-hybridized carbons (Fsp3) is 0.222. The maximum absolute atomic E-state index is 10.3. The van der Waals surface area contributed by atoms with E-state index < -0.39 is 5.97 Å². The number of aryl methyl sites for hydroxylation is 1. The van der Waals surface area contributed by atoms with E-state index in [2.05, 4.69) is 0 Å². The van der Waals surface area contributed by atoms with Crippen LogP contribution in [0, 0.1) is 6.92 Å². The molecule has 0 amide bonds. The number of benzene rings is 1. The molecule has 0 atom stereocenters. The summed E-state index contributed by atoms with van der Waals surface area (Å²) in [5.74, 6) is -0.783. The lowest BCUT2D eigenvalue weighted by Crippen LogP contribution is -1.99. The number of carbonyl (C=O) groups is 1. The molecule has 0 saturated heterocycles. The number of rotatable bonds is 2. The average molecular weight is 223 g/mol. The molecule has 4 heteroatoms. The Morgan fingerprint density at radius 2 is 1.69 bits per heavy atom. The highest BCUT2D eigenvalue weighted by molar-refractivity contribution is 5.85. The molecule has 0 bridgehead atoms. The molecule has 0 aliphatic rings. The van der Waals surface area contributed by atoms with E-state index in [1.54, 1.807) is 0 Å². The van der Waals surface area contributed by atoms with Gasteiger partial charge in [-0.15, -0.1) is 24.8 Å². The summed E-state index contributed by atoms with van der Waals surface area (Å²) in [6.45, 7) is 1.98. The van der Waals surface area contributed by atoms with Crippen LogP contribution in [0.4, 0.5) is 0 Å². The summed E-state index contributed by atoms with van der Waals surface area (Å²) >= 11 is 0. The van der Waals surface area contributed by atoms with Gasteiger partial charge in [0.1, 0.15) is 0 Å². The van der Waals surface area contributed by atoms with Crippen molar-refractivity contribution in [2.24, 2.45) is 0 Å². The van der Waals surface area contributed by atoms with E-state index in [-0.39, 0.29) is 31.2 Å². The zero-order valence-corrected chi connectivity index (χ0v) is 8.82. The Bertz CT molecular complexity index is 257. The van der Waals surface area contributed by atoms with Crippen LogP contribution in [0.1, 0.15) is 11.1 Å². The molecule has 0 aliphatic carbocycles.